The van der Waals surface area contributed by atoms with Gasteiger partial charge in [0, 0.05) is 6.20 Å². The maximum atomic E-state index is 9.38. The van der Waals surface area contributed by atoms with Crippen LogP contribution in [0.15, 0.2) is 18.3 Å². The minimum Gasteiger partial charge on any atom is -0.388 e. The zero-order valence-corrected chi connectivity index (χ0v) is 8.45. The molecule has 0 saturated carbocycles. The molecule has 0 unspecified atom stereocenters. The predicted octanol–water partition coefficient (Wildman–Crippen LogP) is 2.13. The Morgan fingerprint density at radius 1 is 1.64 bits per heavy atom. The molecule has 0 aliphatic carbocycles. The monoisotopic (exact) mass is 263 g/mol. The van der Waals surface area contributed by atoms with Crippen LogP contribution < -0.4 is 0 Å². The molecule has 0 aliphatic heterocycles. The highest BCUT2D eigenvalue weighted by Crippen LogP contribution is 2.15. The number of pyridine rings is 1. The van der Waals surface area contributed by atoms with E-state index in [1.807, 2.05) is 19.1 Å². The van der Waals surface area contributed by atoms with E-state index in [9.17, 15) is 5.11 Å². The second-order valence-corrected chi connectivity index (χ2v) is 3.44. The molecule has 0 amide bonds. The first-order chi connectivity index (χ1) is 5.24. The molecule has 0 saturated heterocycles. The molecule has 0 radical (unpaired) electrons. The topological polar surface area (TPSA) is 33.1 Å². The van der Waals surface area contributed by atoms with E-state index < -0.39 is 0 Å². The Balaban J connectivity index is 2.81. The third-order valence-electron chi connectivity index (χ3n) is 1.52. The average molecular weight is 263 g/mol. The van der Waals surface area contributed by atoms with Gasteiger partial charge in [0.15, 0.2) is 0 Å². The maximum Gasteiger partial charge on any atom is 0.101 e. The van der Waals surface area contributed by atoms with Gasteiger partial charge in [0.25, 0.3) is 0 Å². The molecular formula is C8H10INO. The van der Waals surface area contributed by atoms with Crippen LogP contribution in [0.2, 0.25) is 0 Å². The number of halogens is 1. The first-order valence-electron chi connectivity index (χ1n) is 3.53. The fraction of sp³-hybridized carbons (Fsp3) is 0.375. The summed E-state index contributed by atoms with van der Waals surface area (Å²) in [5, 5.41) is 9.38. The molecule has 1 N–H and O–H groups in total. The zero-order chi connectivity index (χ0) is 8.27. The van der Waals surface area contributed by atoms with Gasteiger partial charge < -0.3 is 5.11 Å². The van der Waals surface area contributed by atoms with Crippen molar-refractivity contribution in [2.75, 3.05) is 0 Å². The molecule has 2 nitrogen and oxygen atoms in total. The van der Waals surface area contributed by atoms with Crippen LogP contribution in [-0.4, -0.2) is 10.1 Å². The number of aliphatic hydroxyl groups is 1. The van der Waals surface area contributed by atoms with Crippen molar-refractivity contribution >= 4 is 22.6 Å². The number of nitrogens with zero attached hydrogens (tertiary/aromatic N) is 1. The van der Waals surface area contributed by atoms with E-state index in [0.29, 0.717) is 0 Å². The zero-order valence-electron chi connectivity index (χ0n) is 6.29. The lowest BCUT2D eigenvalue weighted by Gasteiger charge is -2.05. The summed E-state index contributed by atoms with van der Waals surface area (Å²) in [5.74, 6) is 0. The fourth-order valence-corrected chi connectivity index (χ4v) is 1.14. The smallest absolute Gasteiger partial charge is 0.101 e. The predicted molar refractivity (Wildman–Crippen MR) is 52.2 cm³/mol. The van der Waals surface area contributed by atoms with Gasteiger partial charge in [0.1, 0.15) is 3.70 Å². The van der Waals surface area contributed by atoms with E-state index in [2.05, 4.69) is 27.6 Å². The summed E-state index contributed by atoms with van der Waals surface area (Å²) < 4.78 is 0.953. The summed E-state index contributed by atoms with van der Waals surface area (Å²) in [6.07, 6.45) is 2.09. The first-order valence-corrected chi connectivity index (χ1v) is 4.61. The number of rotatable bonds is 2. The second-order valence-electron chi connectivity index (χ2n) is 2.34. The quantitative estimate of drug-likeness (QED) is 0.655. The van der Waals surface area contributed by atoms with E-state index in [1.165, 1.54) is 0 Å². The van der Waals surface area contributed by atoms with E-state index in [0.717, 1.165) is 15.7 Å². The SMILES string of the molecule is CC[C@@H](O)c1ccc(I)nc1. The van der Waals surface area contributed by atoms with Crippen molar-refractivity contribution in [2.45, 2.75) is 19.4 Å². The van der Waals surface area contributed by atoms with Gasteiger partial charge in [-0.05, 0) is 40.6 Å². The molecule has 0 aliphatic rings. The normalized spacial score (nSPS) is 13.0. The number of aliphatic hydroxyl groups excluding tert-OH is 1. The van der Waals surface area contributed by atoms with Crippen LogP contribution in [0, 0.1) is 3.70 Å². The lowest BCUT2D eigenvalue weighted by Crippen LogP contribution is -1.95. The number of hydrogen-bond donors (Lipinski definition) is 1. The molecular weight excluding hydrogens is 253 g/mol. The molecule has 0 bridgehead atoms. The van der Waals surface area contributed by atoms with Crippen LogP contribution in [0.4, 0.5) is 0 Å². The minimum atomic E-state index is -0.362. The Hall–Kier alpha value is -0.160. The van der Waals surface area contributed by atoms with Crippen molar-refractivity contribution in [3.63, 3.8) is 0 Å². The molecule has 3 heteroatoms. The van der Waals surface area contributed by atoms with Crippen LogP contribution >= 0.6 is 22.6 Å². The van der Waals surface area contributed by atoms with Crippen LogP contribution in [0.1, 0.15) is 25.0 Å². The van der Waals surface area contributed by atoms with E-state index in [1.54, 1.807) is 6.20 Å². The van der Waals surface area contributed by atoms with Crippen molar-refractivity contribution in [1.82, 2.24) is 4.98 Å². The Kier molecular flexibility index (Phi) is 3.26. The van der Waals surface area contributed by atoms with Gasteiger partial charge in [0.05, 0.1) is 6.10 Å². The highest BCUT2D eigenvalue weighted by Gasteiger charge is 2.03. The van der Waals surface area contributed by atoms with E-state index >= 15 is 0 Å². The van der Waals surface area contributed by atoms with Gasteiger partial charge in [-0.1, -0.05) is 13.0 Å². The third kappa shape index (κ3) is 2.41. The Morgan fingerprint density at radius 2 is 2.36 bits per heavy atom. The highest BCUT2D eigenvalue weighted by atomic mass is 127. The molecule has 1 atom stereocenters. The lowest BCUT2D eigenvalue weighted by molar-refractivity contribution is 0.173. The van der Waals surface area contributed by atoms with Gasteiger partial charge in [-0.25, -0.2) is 4.98 Å². The van der Waals surface area contributed by atoms with Crippen LogP contribution in [0.5, 0.6) is 0 Å². The Labute approximate surface area is 79.8 Å². The van der Waals surface area contributed by atoms with E-state index in [-0.39, 0.29) is 6.10 Å². The van der Waals surface area contributed by atoms with Gasteiger partial charge in [-0.15, -0.1) is 0 Å². The van der Waals surface area contributed by atoms with Crippen molar-refractivity contribution in [2.24, 2.45) is 0 Å². The molecule has 0 fully saturated rings. The fourth-order valence-electron chi connectivity index (χ4n) is 0.820. The molecule has 1 rings (SSSR count). The van der Waals surface area contributed by atoms with Gasteiger partial charge in [0.2, 0.25) is 0 Å². The summed E-state index contributed by atoms with van der Waals surface area (Å²) in [7, 11) is 0. The van der Waals surface area contributed by atoms with Crippen molar-refractivity contribution < 1.29 is 5.11 Å². The molecule has 11 heavy (non-hydrogen) atoms. The lowest BCUT2D eigenvalue weighted by atomic mass is 10.1. The van der Waals surface area contributed by atoms with Gasteiger partial charge >= 0.3 is 0 Å². The summed E-state index contributed by atoms with van der Waals surface area (Å²) in [5.41, 5.74) is 0.896. The summed E-state index contributed by atoms with van der Waals surface area (Å²) in [6, 6.07) is 3.80. The van der Waals surface area contributed by atoms with Crippen molar-refractivity contribution in [3.05, 3.63) is 27.6 Å². The molecule has 60 valence electrons. The van der Waals surface area contributed by atoms with Crippen LogP contribution in [-0.2, 0) is 0 Å². The van der Waals surface area contributed by atoms with Gasteiger partial charge in [-0.2, -0.15) is 0 Å². The highest BCUT2D eigenvalue weighted by molar-refractivity contribution is 14.1. The van der Waals surface area contributed by atoms with Gasteiger partial charge in [-0.3, -0.25) is 0 Å². The molecule has 0 aromatic carbocycles. The maximum absolute atomic E-state index is 9.38. The molecule has 1 aromatic heterocycles. The Morgan fingerprint density at radius 3 is 2.82 bits per heavy atom. The summed E-state index contributed by atoms with van der Waals surface area (Å²) >= 11 is 2.14. The minimum absolute atomic E-state index is 0.362. The standard InChI is InChI=1S/C8H10INO/c1-2-7(11)6-3-4-8(9)10-5-6/h3-5,7,11H,2H2,1H3/t7-/m1/s1. The molecule has 0 spiro atoms. The van der Waals surface area contributed by atoms with Crippen molar-refractivity contribution in [1.29, 1.82) is 0 Å². The number of hydrogen-bond acceptors (Lipinski definition) is 2. The number of aromatic nitrogens is 1. The first kappa shape index (κ1) is 8.93. The molecule has 1 aromatic rings. The summed E-state index contributed by atoms with van der Waals surface area (Å²) in [6.45, 7) is 1.95. The second kappa shape index (κ2) is 4.01. The largest absolute Gasteiger partial charge is 0.388 e. The molecule has 1 heterocycles. The Bertz CT molecular complexity index is 222. The average Bonchev–Trinajstić information content (AvgIpc) is 2.05. The van der Waals surface area contributed by atoms with Crippen molar-refractivity contribution in [3.8, 4) is 0 Å². The third-order valence-corrected chi connectivity index (χ3v) is 2.16. The summed E-state index contributed by atoms with van der Waals surface area (Å²) in [4.78, 5) is 4.07. The van der Waals surface area contributed by atoms with E-state index in [4.69, 9.17) is 0 Å². The van der Waals surface area contributed by atoms with Crippen LogP contribution in [0.3, 0.4) is 0 Å². The van der Waals surface area contributed by atoms with Crippen LogP contribution in [0.25, 0.3) is 0 Å².